The zero-order valence-electron chi connectivity index (χ0n) is 17.4. The first-order valence-corrected chi connectivity index (χ1v) is 9.82. The molecule has 2 rings (SSSR count). The standard InChI is InChI=1S/C20H32ClN5O.HI/c1-14-6-7-16(21)10-17(14)26-9-8-15(13-26)11-23-19(22-5)24-12-18(27)25-20(2,3)4;/h6-7,10,15H,8-9,11-13H2,1-5H3,(H,25,27)(H2,22,23,24);1H. The van der Waals surface area contributed by atoms with Crippen molar-refractivity contribution >= 4 is 53.1 Å². The van der Waals surface area contributed by atoms with Crippen LogP contribution in [0.5, 0.6) is 0 Å². The van der Waals surface area contributed by atoms with Crippen molar-refractivity contribution in [2.24, 2.45) is 10.9 Å². The molecular weight excluding hydrogens is 489 g/mol. The lowest BCUT2D eigenvalue weighted by Crippen LogP contribution is -2.48. The van der Waals surface area contributed by atoms with E-state index in [1.54, 1.807) is 7.05 Å². The Labute approximate surface area is 190 Å². The largest absolute Gasteiger partial charge is 0.371 e. The maximum absolute atomic E-state index is 11.9. The van der Waals surface area contributed by atoms with E-state index in [2.05, 4.69) is 38.8 Å². The molecule has 1 amide bonds. The van der Waals surface area contributed by atoms with Crippen molar-refractivity contribution in [3.05, 3.63) is 28.8 Å². The highest BCUT2D eigenvalue weighted by atomic mass is 127. The summed E-state index contributed by atoms with van der Waals surface area (Å²) in [6, 6.07) is 6.04. The topological polar surface area (TPSA) is 68.8 Å². The van der Waals surface area contributed by atoms with E-state index in [-0.39, 0.29) is 42.0 Å². The van der Waals surface area contributed by atoms with E-state index in [0.717, 1.165) is 31.1 Å². The van der Waals surface area contributed by atoms with Gasteiger partial charge in [-0.1, -0.05) is 17.7 Å². The Morgan fingerprint density at radius 1 is 1.32 bits per heavy atom. The van der Waals surface area contributed by atoms with Crippen molar-refractivity contribution in [2.45, 2.75) is 39.7 Å². The van der Waals surface area contributed by atoms with Crippen molar-refractivity contribution in [2.75, 3.05) is 38.1 Å². The number of nitrogens with one attached hydrogen (secondary N) is 3. The number of hydrogen-bond acceptors (Lipinski definition) is 3. The van der Waals surface area contributed by atoms with Gasteiger partial charge in [0, 0.05) is 42.9 Å². The molecule has 1 aromatic rings. The number of guanidine groups is 1. The van der Waals surface area contributed by atoms with Gasteiger partial charge in [0.05, 0.1) is 6.54 Å². The molecular formula is C20H33ClIN5O. The molecule has 1 aromatic carbocycles. The summed E-state index contributed by atoms with van der Waals surface area (Å²) in [5.74, 6) is 1.12. The van der Waals surface area contributed by atoms with Crippen LogP contribution in [0.3, 0.4) is 0 Å². The molecule has 1 aliphatic rings. The lowest BCUT2D eigenvalue weighted by molar-refractivity contribution is -0.121. The lowest BCUT2D eigenvalue weighted by Gasteiger charge is -2.22. The highest BCUT2D eigenvalue weighted by Crippen LogP contribution is 2.29. The minimum Gasteiger partial charge on any atom is -0.371 e. The average molecular weight is 522 g/mol. The van der Waals surface area contributed by atoms with Crippen molar-refractivity contribution in [1.82, 2.24) is 16.0 Å². The van der Waals surface area contributed by atoms with Crippen LogP contribution in [-0.4, -0.2) is 50.6 Å². The quantitative estimate of drug-likeness (QED) is 0.316. The van der Waals surface area contributed by atoms with Gasteiger partial charge in [0.1, 0.15) is 0 Å². The second-order valence-corrected chi connectivity index (χ2v) is 8.57. The molecule has 0 radical (unpaired) electrons. The van der Waals surface area contributed by atoms with Crippen LogP contribution in [0.1, 0.15) is 32.8 Å². The van der Waals surface area contributed by atoms with Crippen molar-refractivity contribution < 1.29 is 4.79 Å². The molecule has 0 bridgehead atoms. The Morgan fingerprint density at radius 3 is 2.68 bits per heavy atom. The van der Waals surface area contributed by atoms with Gasteiger partial charge in [-0.3, -0.25) is 9.79 Å². The molecule has 1 fully saturated rings. The summed E-state index contributed by atoms with van der Waals surface area (Å²) >= 11 is 6.16. The van der Waals surface area contributed by atoms with E-state index >= 15 is 0 Å². The number of carbonyl (C=O) groups is 1. The summed E-state index contributed by atoms with van der Waals surface area (Å²) in [4.78, 5) is 18.5. The molecule has 1 aliphatic heterocycles. The van der Waals surface area contributed by atoms with E-state index in [1.807, 2.05) is 32.9 Å². The summed E-state index contributed by atoms with van der Waals surface area (Å²) in [6.45, 7) is 11.0. The van der Waals surface area contributed by atoms with Crippen molar-refractivity contribution in [3.8, 4) is 0 Å². The number of hydrogen-bond donors (Lipinski definition) is 3. The van der Waals surface area contributed by atoms with Gasteiger partial charge in [-0.2, -0.15) is 0 Å². The minimum absolute atomic E-state index is 0. The Hall–Kier alpha value is -1.22. The fraction of sp³-hybridized carbons (Fsp3) is 0.600. The van der Waals surface area contributed by atoms with Gasteiger partial charge in [-0.15, -0.1) is 24.0 Å². The SMILES string of the molecule is CN=C(NCC(=O)NC(C)(C)C)NCC1CCN(c2cc(Cl)ccc2C)C1.I. The molecule has 1 heterocycles. The van der Waals surface area contributed by atoms with E-state index < -0.39 is 0 Å². The molecule has 0 saturated carbocycles. The van der Waals surface area contributed by atoms with Crippen molar-refractivity contribution in [3.63, 3.8) is 0 Å². The first kappa shape index (κ1) is 24.8. The predicted molar refractivity (Wildman–Crippen MR) is 129 cm³/mol. The summed E-state index contributed by atoms with van der Waals surface area (Å²) in [6.07, 6.45) is 1.11. The van der Waals surface area contributed by atoms with Crippen LogP contribution < -0.4 is 20.9 Å². The number of rotatable bonds is 5. The summed E-state index contributed by atoms with van der Waals surface area (Å²) in [5, 5.41) is 10.1. The Morgan fingerprint density at radius 2 is 2.04 bits per heavy atom. The fourth-order valence-electron chi connectivity index (χ4n) is 3.23. The molecule has 158 valence electrons. The normalized spacial score (nSPS) is 17.1. The van der Waals surface area contributed by atoms with E-state index in [4.69, 9.17) is 11.6 Å². The average Bonchev–Trinajstić information content (AvgIpc) is 3.04. The molecule has 0 aliphatic carbocycles. The number of aryl methyl sites for hydroxylation is 1. The first-order chi connectivity index (χ1) is 12.7. The maximum atomic E-state index is 11.9. The molecule has 6 nitrogen and oxygen atoms in total. The summed E-state index contributed by atoms with van der Waals surface area (Å²) < 4.78 is 0. The van der Waals surface area contributed by atoms with Crippen LogP contribution in [0.4, 0.5) is 5.69 Å². The molecule has 28 heavy (non-hydrogen) atoms. The lowest BCUT2D eigenvalue weighted by atomic mass is 10.1. The fourth-order valence-corrected chi connectivity index (χ4v) is 3.40. The second kappa shape index (κ2) is 11.1. The number of halogens is 2. The number of anilines is 1. The van der Waals surface area contributed by atoms with Gasteiger partial charge in [0.15, 0.2) is 5.96 Å². The molecule has 0 spiro atoms. The molecule has 8 heteroatoms. The van der Waals surface area contributed by atoms with Crippen LogP contribution >= 0.6 is 35.6 Å². The van der Waals surface area contributed by atoms with Crippen LogP contribution in [0.25, 0.3) is 0 Å². The second-order valence-electron chi connectivity index (χ2n) is 8.14. The molecule has 0 aromatic heterocycles. The Bertz CT molecular complexity index is 690. The monoisotopic (exact) mass is 521 g/mol. The predicted octanol–water partition coefficient (Wildman–Crippen LogP) is 3.17. The van der Waals surface area contributed by atoms with Gasteiger partial charge < -0.3 is 20.9 Å². The van der Waals surface area contributed by atoms with Crippen LogP contribution in [0, 0.1) is 12.8 Å². The molecule has 1 saturated heterocycles. The van der Waals surface area contributed by atoms with Gasteiger partial charge in [0.25, 0.3) is 0 Å². The molecule has 1 atom stereocenters. The first-order valence-electron chi connectivity index (χ1n) is 9.44. The van der Waals surface area contributed by atoms with Crippen LogP contribution in [0.15, 0.2) is 23.2 Å². The number of carbonyl (C=O) groups excluding carboxylic acids is 1. The van der Waals surface area contributed by atoms with Gasteiger partial charge in [-0.05, 0) is 57.7 Å². The Kier molecular flexibility index (Phi) is 9.83. The highest BCUT2D eigenvalue weighted by Gasteiger charge is 2.24. The van der Waals surface area contributed by atoms with Gasteiger partial charge in [-0.25, -0.2) is 0 Å². The number of amides is 1. The third kappa shape index (κ3) is 8.03. The number of benzene rings is 1. The summed E-state index contributed by atoms with van der Waals surface area (Å²) in [7, 11) is 1.72. The van der Waals surface area contributed by atoms with E-state index in [1.165, 1.54) is 11.3 Å². The number of nitrogens with zero attached hydrogens (tertiary/aromatic N) is 2. The zero-order valence-corrected chi connectivity index (χ0v) is 20.5. The molecule has 3 N–H and O–H groups in total. The smallest absolute Gasteiger partial charge is 0.239 e. The third-order valence-corrected chi connectivity index (χ3v) is 4.75. The Balaban J connectivity index is 0.00000392. The van der Waals surface area contributed by atoms with E-state index in [9.17, 15) is 4.79 Å². The van der Waals surface area contributed by atoms with Crippen molar-refractivity contribution in [1.29, 1.82) is 0 Å². The molecule has 1 unspecified atom stereocenters. The van der Waals surface area contributed by atoms with Gasteiger partial charge in [0.2, 0.25) is 5.91 Å². The number of aliphatic imine (C=N–C) groups is 1. The van der Waals surface area contributed by atoms with Crippen LogP contribution in [0.2, 0.25) is 5.02 Å². The van der Waals surface area contributed by atoms with E-state index in [0.29, 0.717) is 11.9 Å². The summed E-state index contributed by atoms with van der Waals surface area (Å²) in [5.41, 5.74) is 2.23. The van der Waals surface area contributed by atoms with Crippen LogP contribution in [-0.2, 0) is 4.79 Å². The maximum Gasteiger partial charge on any atom is 0.239 e. The third-order valence-electron chi connectivity index (χ3n) is 4.51. The minimum atomic E-state index is -0.235. The zero-order chi connectivity index (χ0) is 20.0. The van der Waals surface area contributed by atoms with Gasteiger partial charge >= 0.3 is 0 Å². The highest BCUT2D eigenvalue weighted by molar-refractivity contribution is 14.0.